The van der Waals surface area contributed by atoms with E-state index in [1.807, 2.05) is 11.9 Å². The van der Waals surface area contributed by atoms with Crippen molar-refractivity contribution in [1.29, 1.82) is 0 Å². The summed E-state index contributed by atoms with van der Waals surface area (Å²) in [4.78, 5) is 14.0. The van der Waals surface area contributed by atoms with E-state index in [9.17, 15) is 4.79 Å². The molecule has 1 heterocycles. The van der Waals surface area contributed by atoms with Crippen LogP contribution in [-0.4, -0.2) is 50.2 Å². The summed E-state index contributed by atoms with van der Waals surface area (Å²) in [6.07, 6.45) is 2.97. The van der Waals surface area contributed by atoms with Crippen LogP contribution < -0.4 is 5.32 Å². The van der Waals surface area contributed by atoms with Gasteiger partial charge in [0.25, 0.3) is 0 Å². The third-order valence-electron chi connectivity index (χ3n) is 3.09. The largest absolute Gasteiger partial charge is 0.385 e. The van der Waals surface area contributed by atoms with E-state index < -0.39 is 0 Å². The highest BCUT2D eigenvalue weighted by Gasteiger charge is 2.29. The van der Waals surface area contributed by atoms with Gasteiger partial charge >= 0.3 is 0 Å². The predicted molar refractivity (Wildman–Crippen MR) is 59.7 cm³/mol. The summed E-state index contributed by atoms with van der Waals surface area (Å²) < 4.78 is 5.04. The molecule has 0 spiro atoms. The normalized spacial score (nSPS) is 24.3. The highest BCUT2D eigenvalue weighted by molar-refractivity contribution is 5.82. The number of nitrogens with one attached hydrogen (secondary N) is 1. The maximum atomic E-state index is 12.0. The van der Waals surface area contributed by atoms with Crippen LogP contribution in [0.15, 0.2) is 0 Å². The molecule has 0 aliphatic carbocycles. The van der Waals surface area contributed by atoms with Crippen LogP contribution in [0.1, 0.15) is 26.2 Å². The fourth-order valence-electron chi connectivity index (χ4n) is 2.05. The Morgan fingerprint density at radius 2 is 2.40 bits per heavy atom. The SMILES string of the molecule is CNC1CCCN(C(C)CCOC)C1=O. The zero-order valence-corrected chi connectivity index (χ0v) is 9.95. The molecule has 15 heavy (non-hydrogen) atoms. The second-order valence-electron chi connectivity index (χ2n) is 4.15. The van der Waals surface area contributed by atoms with Gasteiger partial charge in [0.1, 0.15) is 0 Å². The predicted octanol–water partition coefficient (Wildman–Crippen LogP) is 0.622. The second-order valence-corrected chi connectivity index (χ2v) is 4.15. The van der Waals surface area contributed by atoms with Crippen LogP contribution >= 0.6 is 0 Å². The summed E-state index contributed by atoms with van der Waals surface area (Å²) in [5.74, 6) is 0.243. The van der Waals surface area contributed by atoms with Crippen LogP contribution in [0, 0.1) is 0 Å². The van der Waals surface area contributed by atoms with Crippen molar-refractivity contribution in [1.82, 2.24) is 10.2 Å². The van der Waals surface area contributed by atoms with Crippen molar-refractivity contribution >= 4 is 5.91 Å². The first-order valence-corrected chi connectivity index (χ1v) is 5.67. The van der Waals surface area contributed by atoms with Gasteiger partial charge in [0.2, 0.25) is 5.91 Å². The minimum absolute atomic E-state index is 0.0174. The van der Waals surface area contributed by atoms with E-state index >= 15 is 0 Å². The van der Waals surface area contributed by atoms with Crippen LogP contribution in [0.25, 0.3) is 0 Å². The number of hydrogen-bond donors (Lipinski definition) is 1. The first-order valence-electron chi connectivity index (χ1n) is 5.67. The highest BCUT2D eigenvalue weighted by Crippen LogP contribution is 2.16. The van der Waals surface area contributed by atoms with Crippen molar-refractivity contribution in [2.75, 3.05) is 27.3 Å². The lowest BCUT2D eigenvalue weighted by atomic mass is 10.0. The molecule has 0 saturated carbocycles. The molecule has 2 atom stereocenters. The topological polar surface area (TPSA) is 41.6 Å². The van der Waals surface area contributed by atoms with E-state index in [0.29, 0.717) is 0 Å². The van der Waals surface area contributed by atoms with Gasteiger partial charge in [-0.25, -0.2) is 0 Å². The molecule has 0 bridgehead atoms. The van der Waals surface area contributed by atoms with E-state index in [1.54, 1.807) is 7.11 Å². The number of likely N-dealkylation sites (tertiary alicyclic amines) is 1. The molecule has 1 fully saturated rings. The van der Waals surface area contributed by atoms with E-state index in [2.05, 4.69) is 12.2 Å². The van der Waals surface area contributed by atoms with Crippen molar-refractivity contribution in [3.63, 3.8) is 0 Å². The first-order chi connectivity index (χ1) is 7.20. The lowest BCUT2D eigenvalue weighted by Gasteiger charge is -2.36. The zero-order valence-electron chi connectivity index (χ0n) is 9.95. The van der Waals surface area contributed by atoms with Gasteiger partial charge in [-0.15, -0.1) is 0 Å². The number of rotatable bonds is 5. The monoisotopic (exact) mass is 214 g/mol. The lowest BCUT2D eigenvalue weighted by Crippen LogP contribution is -2.52. The van der Waals surface area contributed by atoms with Crippen LogP contribution in [0.5, 0.6) is 0 Å². The summed E-state index contributed by atoms with van der Waals surface area (Å²) in [5, 5.41) is 3.07. The molecule has 4 nitrogen and oxygen atoms in total. The summed E-state index contributed by atoms with van der Waals surface area (Å²) in [6.45, 7) is 3.70. The molecular weight excluding hydrogens is 192 g/mol. The summed E-state index contributed by atoms with van der Waals surface area (Å²) in [5.41, 5.74) is 0. The average molecular weight is 214 g/mol. The van der Waals surface area contributed by atoms with Gasteiger partial charge in [-0.3, -0.25) is 4.79 Å². The van der Waals surface area contributed by atoms with Gasteiger partial charge < -0.3 is 15.0 Å². The molecule has 0 aromatic carbocycles. The minimum atomic E-state index is 0.0174. The molecule has 1 aliphatic heterocycles. The van der Waals surface area contributed by atoms with Gasteiger partial charge in [0, 0.05) is 26.3 Å². The van der Waals surface area contributed by atoms with Gasteiger partial charge in [-0.1, -0.05) is 0 Å². The number of carbonyl (C=O) groups is 1. The molecule has 0 aromatic rings. The summed E-state index contributed by atoms with van der Waals surface area (Å²) in [7, 11) is 3.55. The molecule has 88 valence electrons. The van der Waals surface area contributed by atoms with Crippen molar-refractivity contribution in [2.45, 2.75) is 38.3 Å². The van der Waals surface area contributed by atoms with Crippen molar-refractivity contribution in [2.24, 2.45) is 0 Å². The Bertz CT molecular complexity index is 209. The van der Waals surface area contributed by atoms with Gasteiger partial charge in [-0.2, -0.15) is 0 Å². The highest BCUT2D eigenvalue weighted by atomic mass is 16.5. The number of ether oxygens (including phenoxy) is 1. The quantitative estimate of drug-likeness (QED) is 0.729. The van der Waals surface area contributed by atoms with Crippen LogP contribution in [0.4, 0.5) is 0 Å². The van der Waals surface area contributed by atoms with Gasteiger partial charge in [0.15, 0.2) is 0 Å². The number of likely N-dealkylation sites (N-methyl/N-ethyl adjacent to an activating group) is 1. The molecule has 0 radical (unpaired) electrons. The number of piperidine rings is 1. The minimum Gasteiger partial charge on any atom is -0.385 e. The van der Waals surface area contributed by atoms with Gasteiger partial charge in [-0.05, 0) is 33.2 Å². The first kappa shape index (κ1) is 12.5. The Morgan fingerprint density at radius 1 is 1.67 bits per heavy atom. The fraction of sp³-hybridized carbons (Fsp3) is 0.909. The molecule has 1 saturated heterocycles. The van der Waals surface area contributed by atoms with E-state index in [0.717, 1.165) is 32.4 Å². The number of hydrogen-bond acceptors (Lipinski definition) is 3. The van der Waals surface area contributed by atoms with Crippen LogP contribution in [-0.2, 0) is 9.53 Å². The molecule has 1 N–H and O–H groups in total. The van der Waals surface area contributed by atoms with Crippen molar-refractivity contribution in [3.8, 4) is 0 Å². The molecule has 4 heteroatoms. The Kier molecular flexibility index (Phi) is 5.05. The molecule has 1 rings (SSSR count). The Morgan fingerprint density at radius 3 is 3.00 bits per heavy atom. The van der Waals surface area contributed by atoms with E-state index in [4.69, 9.17) is 4.74 Å². The van der Waals surface area contributed by atoms with Crippen molar-refractivity contribution < 1.29 is 9.53 Å². The summed E-state index contributed by atoms with van der Waals surface area (Å²) >= 11 is 0. The molecule has 2 unspecified atom stereocenters. The number of nitrogens with zero attached hydrogens (tertiary/aromatic N) is 1. The maximum absolute atomic E-state index is 12.0. The number of methoxy groups -OCH3 is 1. The second kappa shape index (κ2) is 6.08. The third kappa shape index (κ3) is 3.18. The van der Waals surface area contributed by atoms with E-state index in [-0.39, 0.29) is 18.0 Å². The molecular formula is C11H22N2O2. The summed E-state index contributed by atoms with van der Waals surface area (Å²) in [6, 6.07) is 0.303. The fourth-order valence-corrected chi connectivity index (χ4v) is 2.05. The Hall–Kier alpha value is -0.610. The zero-order chi connectivity index (χ0) is 11.3. The van der Waals surface area contributed by atoms with Crippen molar-refractivity contribution in [3.05, 3.63) is 0 Å². The average Bonchev–Trinajstić information content (AvgIpc) is 2.26. The standard InChI is InChI=1S/C11H22N2O2/c1-9(6-8-15-3)13-7-4-5-10(12-2)11(13)14/h9-10,12H,4-8H2,1-3H3. The smallest absolute Gasteiger partial charge is 0.239 e. The molecule has 0 aromatic heterocycles. The Labute approximate surface area is 92.0 Å². The van der Waals surface area contributed by atoms with Crippen LogP contribution in [0.2, 0.25) is 0 Å². The third-order valence-corrected chi connectivity index (χ3v) is 3.09. The maximum Gasteiger partial charge on any atom is 0.239 e. The lowest BCUT2D eigenvalue weighted by molar-refractivity contribution is -0.138. The molecule has 1 aliphatic rings. The number of carbonyl (C=O) groups excluding carboxylic acids is 1. The van der Waals surface area contributed by atoms with Gasteiger partial charge in [0.05, 0.1) is 6.04 Å². The molecule has 1 amide bonds. The number of amides is 1. The Balaban J connectivity index is 2.48. The van der Waals surface area contributed by atoms with Crippen LogP contribution in [0.3, 0.4) is 0 Å². The van der Waals surface area contributed by atoms with E-state index in [1.165, 1.54) is 0 Å².